The van der Waals surface area contributed by atoms with Gasteiger partial charge in [-0.1, -0.05) is 0 Å². The number of hydrogen-bond acceptors (Lipinski definition) is 7. The Kier molecular flexibility index (Phi) is 4.50. The molecule has 1 aromatic carbocycles. The molecule has 0 spiro atoms. The van der Waals surface area contributed by atoms with Crippen molar-refractivity contribution in [2.75, 3.05) is 5.32 Å². The number of H-pyrrole nitrogens is 2. The molecular weight excluding hydrogens is 441 g/mol. The SMILES string of the molecule is O=c1[nH]c(O)c(/C=c2/cnn3c(=NC4CC4)cc(Nc4ccc(-n5cccn5)cc4F)nc23)[nH]1. The second kappa shape index (κ2) is 7.69. The van der Waals surface area contributed by atoms with Gasteiger partial charge in [0.1, 0.15) is 17.3 Å². The Bertz CT molecular complexity index is 1690. The van der Waals surface area contributed by atoms with E-state index in [0.717, 1.165) is 12.8 Å². The van der Waals surface area contributed by atoms with E-state index in [-0.39, 0.29) is 23.3 Å². The molecule has 1 aliphatic rings. The van der Waals surface area contributed by atoms with Crippen LogP contribution in [-0.2, 0) is 0 Å². The molecule has 0 bridgehead atoms. The van der Waals surface area contributed by atoms with Crippen molar-refractivity contribution in [3.8, 4) is 11.6 Å². The van der Waals surface area contributed by atoms with Gasteiger partial charge in [0.2, 0.25) is 5.88 Å². The van der Waals surface area contributed by atoms with Crippen molar-refractivity contribution in [3.05, 3.63) is 81.6 Å². The Morgan fingerprint density at radius 2 is 2.12 bits per heavy atom. The minimum absolute atomic E-state index is 0.195. The van der Waals surface area contributed by atoms with E-state index in [4.69, 9.17) is 4.99 Å². The minimum atomic E-state index is -0.533. The van der Waals surface area contributed by atoms with Crippen molar-refractivity contribution in [1.82, 2.24) is 34.3 Å². The Morgan fingerprint density at radius 1 is 1.24 bits per heavy atom. The fourth-order valence-electron chi connectivity index (χ4n) is 3.57. The number of aromatic hydroxyl groups is 1. The lowest BCUT2D eigenvalue weighted by atomic mass is 10.2. The maximum absolute atomic E-state index is 14.9. The number of nitrogens with zero attached hydrogens (tertiary/aromatic N) is 6. The van der Waals surface area contributed by atoms with Gasteiger partial charge in [-0.2, -0.15) is 14.7 Å². The van der Waals surface area contributed by atoms with Gasteiger partial charge in [-0.15, -0.1) is 0 Å². The molecule has 1 saturated carbocycles. The normalized spacial score (nSPS) is 14.9. The topological polar surface area (TPSA) is 141 Å². The van der Waals surface area contributed by atoms with E-state index in [1.165, 1.54) is 6.07 Å². The number of hydrogen-bond donors (Lipinski definition) is 4. The van der Waals surface area contributed by atoms with Crippen molar-refractivity contribution in [2.24, 2.45) is 4.99 Å². The number of fused-ring (bicyclic) bond motifs is 1. The van der Waals surface area contributed by atoms with E-state index in [9.17, 15) is 14.3 Å². The molecule has 170 valence electrons. The first-order chi connectivity index (χ1) is 16.5. The van der Waals surface area contributed by atoms with Crippen LogP contribution in [0.1, 0.15) is 18.5 Å². The van der Waals surface area contributed by atoms with Crippen molar-refractivity contribution >= 4 is 23.2 Å². The van der Waals surface area contributed by atoms with Crippen LogP contribution < -0.4 is 21.7 Å². The van der Waals surface area contributed by atoms with E-state index in [2.05, 4.69) is 30.5 Å². The highest BCUT2D eigenvalue weighted by atomic mass is 19.1. The molecule has 4 aromatic heterocycles. The van der Waals surface area contributed by atoms with Crippen LogP contribution in [0.4, 0.5) is 15.9 Å². The molecule has 12 heteroatoms. The van der Waals surface area contributed by atoms with Gasteiger partial charge in [0.05, 0.1) is 23.6 Å². The molecule has 0 unspecified atom stereocenters. The first kappa shape index (κ1) is 19.9. The van der Waals surface area contributed by atoms with Crippen molar-refractivity contribution in [2.45, 2.75) is 18.9 Å². The maximum Gasteiger partial charge on any atom is 0.326 e. The summed E-state index contributed by atoms with van der Waals surface area (Å²) < 4.78 is 18.0. The van der Waals surface area contributed by atoms with Crippen LogP contribution in [0.2, 0.25) is 0 Å². The lowest BCUT2D eigenvalue weighted by molar-refractivity contribution is 0.454. The summed E-state index contributed by atoms with van der Waals surface area (Å²) in [4.78, 5) is 25.5. The predicted molar refractivity (Wildman–Crippen MR) is 120 cm³/mol. The quantitative estimate of drug-likeness (QED) is 0.311. The molecule has 1 aliphatic carbocycles. The predicted octanol–water partition coefficient (Wildman–Crippen LogP) is 1.13. The highest BCUT2D eigenvalue weighted by Gasteiger charge is 2.20. The molecule has 0 radical (unpaired) electrons. The first-order valence-electron chi connectivity index (χ1n) is 10.6. The fourth-order valence-corrected chi connectivity index (χ4v) is 3.57. The molecule has 0 aliphatic heterocycles. The number of halogens is 1. The van der Waals surface area contributed by atoms with Gasteiger partial charge >= 0.3 is 5.69 Å². The third kappa shape index (κ3) is 3.70. The number of imidazole rings is 1. The van der Waals surface area contributed by atoms with Crippen LogP contribution >= 0.6 is 0 Å². The second-order valence-electron chi connectivity index (χ2n) is 7.92. The van der Waals surface area contributed by atoms with Gasteiger partial charge in [-0.25, -0.2) is 18.9 Å². The summed E-state index contributed by atoms with van der Waals surface area (Å²) in [6.45, 7) is 0. The zero-order valence-corrected chi connectivity index (χ0v) is 17.6. The number of benzene rings is 1. The standard InChI is InChI=1S/C22H18FN9O2/c23-15-9-14(31-7-1-6-24-31)4-5-16(15)27-18-10-19(26-13-2-3-13)32-20(29-18)12(11-25-32)8-17-21(33)30-22(34)28-17/h1,4-11,13,27,33H,2-3H2,(H2,28,30,34)/b12-8-,26-19?. The van der Waals surface area contributed by atoms with Crippen LogP contribution in [0.5, 0.6) is 5.88 Å². The van der Waals surface area contributed by atoms with E-state index >= 15 is 0 Å². The van der Waals surface area contributed by atoms with Gasteiger partial charge in [0.15, 0.2) is 11.1 Å². The average molecular weight is 459 g/mol. The molecule has 0 saturated heterocycles. The van der Waals surface area contributed by atoms with Crippen molar-refractivity contribution in [3.63, 3.8) is 0 Å². The van der Waals surface area contributed by atoms with E-state index < -0.39 is 11.5 Å². The second-order valence-corrected chi connectivity index (χ2v) is 7.92. The molecule has 5 aromatic rings. The van der Waals surface area contributed by atoms with E-state index in [1.807, 2.05) is 0 Å². The minimum Gasteiger partial charge on any atom is -0.493 e. The molecule has 0 atom stereocenters. The molecule has 6 rings (SSSR count). The third-order valence-corrected chi connectivity index (χ3v) is 5.36. The van der Waals surface area contributed by atoms with Crippen LogP contribution in [0.25, 0.3) is 17.4 Å². The van der Waals surface area contributed by atoms with Crippen LogP contribution in [0.15, 0.2) is 58.7 Å². The van der Waals surface area contributed by atoms with Gasteiger partial charge in [0.25, 0.3) is 0 Å². The molecule has 4 N–H and O–H groups in total. The fraction of sp³-hybridized carbons (Fsp3) is 0.136. The summed E-state index contributed by atoms with van der Waals surface area (Å²) in [6, 6.07) is 8.42. The molecule has 11 nitrogen and oxygen atoms in total. The molecule has 0 amide bonds. The van der Waals surface area contributed by atoms with Crippen LogP contribution in [0.3, 0.4) is 0 Å². The lowest BCUT2D eigenvalue weighted by Gasteiger charge is -2.09. The van der Waals surface area contributed by atoms with Crippen molar-refractivity contribution < 1.29 is 9.50 Å². The number of aromatic nitrogens is 7. The average Bonchev–Trinajstić information content (AvgIpc) is 3.18. The lowest BCUT2D eigenvalue weighted by Crippen LogP contribution is -2.20. The summed E-state index contributed by atoms with van der Waals surface area (Å²) in [5.41, 5.74) is 1.49. The van der Waals surface area contributed by atoms with Crippen LogP contribution in [0, 0.1) is 5.82 Å². The summed E-state index contributed by atoms with van der Waals surface area (Å²) in [7, 11) is 0. The monoisotopic (exact) mass is 459 g/mol. The summed E-state index contributed by atoms with van der Waals surface area (Å²) in [6.07, 6.45) is 8.45. The number of aromatic amines is 2. The van der Waals surface area contributed by atoms with Gasteiger partial charge < -0.3 is 15.4 Å². The zero-order chi connectivity index (χ0) is 23.2. The maximum atomic E-state index is 14.9. The number of rotatable bonds is 5. The van der Waals surface area contributed by atoms with Gasteiger partial charge in [-0.05, 0) is 37.1 Å². The Hall–Kier alpha value is -4.74. The van der Waals surface area contributed by atoms with E-state index in [1.54, 1.807) is 58.1 Å². The summed E-state index contributed by atoms with van der Waals surface area (Å²) >= 11 is 0. The smallest absolute Gasteiger partial charge is 0.326 e. The molecule has 4 heterocycles. The summed E-state index contributed by atoms with van der Waals surface area (Å²) in [5, 5.41) is 22.0. The number of anilines is 2. The molecule has 34 heavy (non-hydrogen) atoms. The highest BCUT2D eigenvalue weighted by Crippen LogP contribution is 2.23. The summed E-state index contributed by atoms with van der Waals surface area (Å²) in [5.74, 6) is -0.383. The number of nitrogens with one attached hydrogen (secondary N) is 3. The zero-order valence-electron chi connectivity index (χ0n) is 17.6. The molecule has 1 fully saturated rings. The van der Waals surface area contributed by atoms with Crippen LogP contribution in [-0.4, -0.2) is 45.5 Å². The third-order valence-electron chi connectivity index (χ3n) is 5.36. The van der Waals surface area contributed by atoms with E-state index in [0.29, 0.717) is 27.9 Å². The Labute approximate surface area is 189 Å². The largest absolute Gasteiger partial charge is 0.493 e. The van der Waals surface area contributed by atoms with Gasteiger partial charge in [0, 0.05) is 29.7 Å². The van der Waals surface area contributed by atoms with Gasteiger partial charge in [-0.3, -0.25) is 9.98 Å². The first-order valence-corrected chi connectivity index (χ1v) is 10.6. The molecular formula is C22H18FN9O2. The van der Waals surface area contributed by atoms with Crippen molar-refractivity contribution in [1.29, 1.82) is 0 Å². The highest BCUT2D eigenvalue weighted by molar-refractivity contribution is 5.62. The Morgan fingerprint density at radius 3 is 2.82 bits per heavy atom. The Balaban J connectivity index is 1.45.